The highest BCUT2D eigenvalue weighted by molar-refractivity contribution is 5.79. The first-order valence-electron chi connectivity index (χ1n) is 11.1. The summed E-state index contributed by atoms with van der Waals surface area (Å²) in [6.07, 6.45) is 1.91. The van der Waals surface area contributed by atoms with Crippen molar-refractivity contribution in [1.82, 2.24) is 20.4 Å². The molecule has 30 heavy (non-hydrogen) atoms. The van der Waals surface area contributed by atoms with Gasteiger partial charge in [0.25, 0.3) is 0 Å². The van der Waals surface area contributed by atoms with Gasteiger partial charge in [-0.15, -0.1) is 10.2 Å². The third-order valence-corrected chi connectivity index (χ3v) is 6.21. The number of aromatic nitrogens is 2. The molecule has 1 unspecified atom stereocenters. The van der Waals surface area contributed by atoms with Crippen LogP contribution in [-0.4, -0.2) is 66.8 Å². The van der Waals surface area contributed by atoms with Crippen LogP contribution >= 0.6 is 0 Å². The van der Waals surface area contributed by atoms with E-state index in [2.05, 4.69) is 49.3 Å². The average molecular weight is 409 g/mol. The molecule has 7 nitrogen and oxygen atoms in total. The molecule has 0 bridgehead atoms. The van der Waals surface area contributed by atoms with E-state index in [9.17, 15) is 4.79 Å². The van der Waals surface area contributed by atoms with Gasteiger partial charge in [-0.2, -0.15) is 0 Å². The number of piperidine rings is 1. The number of likely N-dealkylation sites (N-methyl/N-ethyl adjacent to an activating group) is 1. The van der Waals surface area contributed by atoms with E-state index in [0.29, 0.717) is 13.1 Å². The summed E-state index contributed by atoms with van der Waals surface area (Å²) < 4.78 is 0. The standard InChI is InChI=1S/C23H32N6O/c1-2-27-13-15-28(16-14-27)21-10-11-22(26-25-21)29-12-6-9-20(18-29)23(30)24-17-19-7-4-3-5-8-19/h3-5,7-8,10-11,20H,2,6,9,12-18H2,1H3,(H,24,30). The van der Waals surface area contributed by atoms with Crippen molar-refractivity contribution in [3.05, 3.63) is 48.0 Å². The number of hydrogen-bond donors (Lipinski definition) is 1. The summed E-state index contributed by atoms with van der Waals surface area (Å²) in [6.45, 7) is 9.65. The molecular formula is C23H32N6O. The van der Waals surface area contributed by atoms with Crippen molar-refractivity contribution in [2.75, 3.05) is 55.6 Å². The van der Waals surface area contributed by atoms with Crippen molar-refractivity contribution >= 4 is 17.5 Å². The second kappa shape index (κ2) is 9.89. The van der Waals surface area contributed by atoms with Crippen LogP contribution in [0.3, 0.4) is 0 Å². The Bertz CT molecular complexity index is 804. The molecule has 0 radical (unpaired) electrons. The number of piperazine rings is 1. The van der Waals surface area contributed by atoms with Crippen LogP contribution in [0.25, 0.3) is 0 Å². The topological polar surface area (TPSA) is 64.6 Å². The second-order valence-corrected chi connectivity index (χ2v) is 8.16. The highest BCUT2D eigenvalue weighted by Crippen LogP contribution is 2.23. The van der Waals surface area contributed by atoms with Gasteiger partial charge in [0, 0.05) is 45.8 Å². The van der Waals surface area contributed by atoms with E-state index >= 15 is 0 Å². The minimum Gasteiger partial charge on any atom is -0.354 e. The van der Waals surface area contributed by atoms with Gasteiger partial charge < -0.3 is 20.0 Å². The molecule has 1 aromatic carbocycles. The van der Waals surface area contributed by atoms with Crippen molar-refractivity contribution in [2.24, 2.45) is 5.92 Å². The Balaban J connectivity index is 1.31. The number of nitrogens with one attached hydrogen (secondary N) is 1. The molecule has 1 amide bonds. The molecule has 7 heteroatoms. The molecule has 2 fully saturated rings. The minimum absolute atomic E-state index is 0.00828. The van der Waals surface area contributed by atoms with Crippen molar-refractivity contribution < 1.29 is 4.79 Å². The summed E-state index contributed by atoms with van der Waals surface area (Å²) in [5.41, 5.74) is 1.12. The maximum absolute atomic E-state index is 12.7. The third-order valence-electron chi connectivity index (χ3n) is 6.21. The van der Waals surface area contributed by atoms with Crippen molar-refractivity contribution in [3.8, 4) is 0 Å². The maximum Gasteiger partial charge on any atom is 0.225 e. The van der Waals surface area contributed by atoms with E-state index in [1.165, 1.54) is 0 Å². The molecule has 2 aromatic rings. The van der Waals surface area contributed by atoms with Crippen LogP contribution < -0.4 is 15.1 Å². The highest BCUT2D eigenvalue weighted by Gasteiger charge is 2.27. The van der Waals surface area contributed by atoms with E-state index in [0.717, 1.165) is 69.3 Å². The van der Waals surface area contributed by atoms with Crippen LogP contribution in [0.2, 0.25) is 0 Å². The molecular weight excluding hydrogens is 376 g/mol. The van der Waals surface area contributed by atoms with Crippen LogP contribution in [-0.2, 0) is 11.3 Å². The van der Waals surface area contributed by atoms with E-state index in [1.54, 1.807) is 0 Å². The fourth-order valence-corrected chi connectivity index (χ4v) is 4.28. The van der Waals surface area contributed by atoms with Gasteiger partial charge in [-0.25, -0.2) is 0 Å². The molecule has 0 spiro atoms. The molecule has 0 saturated carbocycles. The van der Waals surface area contributed by atoms with Crippen LogP contribution in [0.1, 0.15) is 25.3 Å². The summed E-state index contributed by atoms with van der Waals surface area (Å²) >= 11 is 0. The molecule has 2 aliphatic heterocycles. The fourth-order valence-electron chi connectivity index (χ4n) is 4.28. The lowest BCUT2D eigenvalue weighted by molar-refractivity contribution is -0.125. The van der Waals surface area contributed by atoms with E-state index in [-0.39, 0.29) is 11.8 Å². The fraction of sp³-hybridized carbons (Fsp3) is 0.522. The van der Waals surface area contributed by atoms with Gasteiger partial charge in [0.1, 0.15) is 0 Å². The van der Waals surface area contributed by atoms with Crippen LogP contribution in [0.15, 0.2) is 42.5 Å². The number of carbonyl (C=O) groups is 1. The molecule has 160 valence electrons. The highest BCUT2D eigenvalue weighted by atomic mass is 16.1. The van der Waals surface area contributed by atoms with Crippen molar-refractivity contribution in [3.63, 3.8) is 0 Å². The predicted molar refractivity (Wildman–Crippen MR) is 120 cm³/mol. The first kappa shape index (κ1) is 20.6. The zero-order valence-corrected chi connectivity index (χ0v) is 17.8. The van der Waals surface area contributed by atoms with Gasteiger partial charge in [0.15, 0.2) is 11.6 Å². The molecule has 3 heterocycles. The monoisotopic (exact) mass is 408 g/mol. The van der Waals surface area contributed by atoms with Crippen LogP contribution in [0, 0.1) is 5.92 Å². The van der Waals surface area contributed by atoms with Gasteiger partial charge in [-0.1, -0.05) is 37.3 Å². The minimum atomic E-state index is -0.00828. The quantitative estimate of drug-likeness (QED) is 0.790. The Morgan fingerprint density at radius 3 is 2.33 bits per heavy atom. The van der Waals surface area contributed by atoms with Crippen LogP contribution in [0.4, 0.5) is 11.6 Å². The first-order chi connectivity index (χ1) is 14.7. The Kier molecular flexibility index (Phi) is 6.79. The Labute approximate surface area is 179 Å². The number of hydrogen-bond acceptors (Lipinski definition) is 6. The lowest BCUT2D eigenvalue weighted by Gasteiger charge is -2.35. The Morgan fingerprint density at radius 1 is 0.967 bits per heavy atom. The Morgan fingerprint density at radius 2 is 1.67 bits per heavy atom. The summed E-state index contributed by atoms with van der Waals surface area (Å²) in [5, 5.41) is 12.1. The number of benzene rings is 1. The number of amides is 1. The van der Waals surface area contributed by atoms with Crippen molar-refractivity contribution in [2.45, 2.75) is 26.3 Å². The van der Waals surface area contributed by atoms with E-state index in [1.807, 2.05) is 30.3 Å². The lowest BCUT2D eigenvalue weighted by atomic mass is 9.97. The number of nitrogens with zero attached hydrogens (tertiary/aromatic N) is 5. The molecule has 1 atom stereocenters. The summed E-state index contributed by atoms with van der Waals surface area (Å²) in [4.78, 5) is 19.6. The predicted octanol–water partition coefficient (Wildman–Crippen LogP) is 2.15. The summed E-state index contributed by atoms with van der Waals surface area (Å²) in [7, 11) is 0. The lowest BCUT2D eigenvalue weighted by Crippen LogP contribution is -2.46. The number of carbonyl (C=O) groups excluding carboxylic acids is 1. The molecule has 4 rings (SSSR count). The second-order valence-electron chi connectivity index (χ2n) is 8.16. The first-order valence-corrected chi connectivity index (χ1v) is 11.1. The molecule has 1 N–H and O–H groups in total. The molecule has 2 saturated heterocycles. The van der Waals surface area contributed by atoms with Gasteiger partial charge in [0.2, 0.25) is 5.91 Å². The van der Waals surface area contributed by atoms with Gasteiger partial charge >= 0.3 is 0 Å². The van der Waals surface area contributed by atoms with E-state index < -0.39 is 0 Å². The summed E-state index contributed by atoms with van der Waals surface area (Å²) in [5.74, 6) is 1.93. The van der Waals surface area contributed by atoms with Gasteiger partial charge in [-0.3, -0.25) is 4.79 Å². The average Bonchev–Trinajstić information content (AvgIpc) is 2.83. The molecule has 0 aliphatic carbocycles. The Hall–Kier alpha value is -2.67. The van der Waals surface area contributed by atoms with Crippen LogP contribution in [0.5, 0.6) is 0 Å². The molecule has 2 aliphatic rings. The normalized spacial score (nSPS) is 20.2. The van der Waals surface area contributed by atoms with E-state index in [4.69, 9.17) is 0 Å². The SMILES string of the molecule is CCN1CCN(c2ccc(N3CCCC(C(=O)NCc4ccccc4)C3)nn2)CC1. The van der Waals surface area contributed by atoms with Gasteiger partial charge in [-0.05, 0) is 37.1 Å². The van der Waals surface area contributed by atoms with Gasteiger partial charge in [0.05, 0.1) is 5.92 Å². The number of rotatable bonds is 6. The zero-order chi connectivity index (χ0) is 20.8. The number of anilines is 2. The molecule has 1 aromatic heterocycles. The smallest absolute Gasteiger partial charge is 0.225 e. The summed E-state index contributed by atoms with van der Waals surface area (Å²) in [6, 6.07) is 14.2. The third kappa shape index (κ3) is 5.08. The van der Waals surface area contributed by atoms with Crippen molar-refractivity contribution in [1.29, 1.82) is 0 Å². The maximum atomic E-state index is 12.7. The zero-order valence-electron chi connectivity index (χ0n) is 17.8. The largest absolute Gasteiger partial charge is 0.354 e.